The molecule has 2 heterocycles. The van der Waals surface area contributed by atoms with E-state index in [0.29, 0.717) is 0 Å². The molecule has 0 amide bonds. The van der Waals surface area contributed by atoms with Crippen LogP contribution < -0.4 is 0 Å². The number of hydrogen-bond acceptors (Lipinski definition) is 5. The molecule has 1 aromatic heterocycles. The first-order valence-corrected chi connectivity index (χ1v) is 5.91. The Hall–Kier alpha value is -2.50. The van der Waals surface area contributed by atoms with Gasteiger partial charge in [0.15, 0.2) is 5.69 Å². The Morgan fingerprint density at radius 3 is 2.63 bits per heavy atom. The maximum Gasteiger partial charge on any atom is 0.369 e. The number of ether oxygens (including phenoxy) is 1. The van der Waals surface area contributed by atoms with E-state index in [1.54, 1.807) is 0 Å². The largest absolute Gasteiger partial charge is 0.383 e. The van der Waals surface area contributed by atoms with Crippen molar-refractivity contribution in [2.24, 2.45) is 0 Å². The van der Waals surface area contributed by atoms with Crippen molar-refractivity contribution in [2.45, 2.75) is 19.8 Å². The molecule has 0 bridgehead atoms. The minimum atomic E-state index is -0.742. The van der Waals surface area contributed by atoms with E-state index < -0.39 is 11.9 Å². The zero-order valence-corrected chi connectivity index (χ0v) is 10.5. The van der Waals surface area contributed by atoms with Crippen molar-refractivity contribution in [3.8, 4) is 5.69 Å². The second-order valence-corrected chi connectivity index (χ2v) is 4.59. The molecule has 3 rings (SSSR count). The molecule has 6 heteroatoms. The fourth-order valence-electron chi connectivity index (χ4n) is 2.12. The lowest BCUT2D eigenvalue weighted by atomic mass is 10.0. The van der Waals surface area contributed by atoms with Gasteiger partial charge in [0.05, 0.1) is 5.69 Å². The van der Waals surface area contributed by atoms with E-state index in [1.165, 1.54) is 4.68 Å². The number of aromatic nitrogens is 3. The summed E-state index contributed by atoms with van der Waals surface area (Å²) >= 11 is 0. The Morgan fingerprint density at radius 1 is 1.16 bits per heavy atom. The van der Waals surface area contributed by atoms with Gasteiger partial charge in [0.25, 0.3) is 0 Å². The van der Waals surface area contributed by atoms with Crippen LogP contribution in [-0.2, 0) is 4.74 Å². The lowest BCUT2D eigenvalue weighted by molar-refractivity contribution is 0.0434. The summed E-state index contributed by atoms with van der Waals surface area (Å²) in [6.45, 7) is 4.08. The number of nitrogens with zero attached hydrogens (tertiary/aromatic N) is 3. The third kappa shape index (κ3) is 1.64. The van der Waals surface area contributed by atoms with Gasteiger partial charge >= 0.3 is 11.9 Å². The number of esters is 2. The first-order valence-electron chi connectivity index (χ1n) is 5.91. The quantitative estimate of drug-likeness (QED) is 0.604. The van der Waals surface area contributed by atoms with Gasteiger partial charge in [-0.25, -0.2) is 14.3 Å². The topological polar surface area (TPSA) is 74.1 Å². The van der Waals surface area contributed by atoms with Crippen molar-refractivity contribution in [3.05, 3.63) is 41.2 Å². The van der Waals surface area contributed by atoms with Crippen LogP contribution in [0, 0.1) is 0 Å². The van der Waals surface area contributed by atoms with E-state index in [0.717, 1.165) is 11.3 Å². The molecule has 96 valence electrons. The third-order valence-corrected chi connectivity index (χ3v) is 3.03. The zero-order chi connectivity index (χ0) is 13.6. The van der Waals surface area contributed by atoms with Gasteiger partial charge in [-0.3, -0.25) is 0 Å². The van der Waals surface area contributed by atoms with Crippen molar-refractivity contribution in [1.29, 1.82) is 0 Å². The summed E-state index contributed by atoms with van der Waals surface area (Å²) in [5.74, 6) is -1.19. The minimum Gasteiger partial charge on any atom is -0.383 e. The fraction of sp³-hybridized carbons (Fsp3) is 0.231. The molecule has 1 aromatic carbocycles. The number of carbonyl (C=O) groups is 2. The zero-order valence-electron chi connectivity index (χ0n) is 10.5. The Kier molecular flexibility index (Phi) is 2.45. The molecule has 0 N–H and O–H groups in total. The summed E-state index contributed by atoms with van der Waals surface area (Å²) in [5.41, 5.74) is 1.82. The molecule has 0 atom stereocenters. The summed E-state index contributed by atoms with van der Waals surface area (Å²) < 4.78 is 5.91. The van der Waals surface area contributed by atoms with E-state index in [2.05, 4.69) is 15.0 Å². The van der Waals surface area contributed by atoms with E-state index in [9.17, 15) is 9.59 Å². The lowest BCUT2D eigenvalue weighted by Crippen LogP contribution is -2.10. The van der Waals surface area contributed by atoms with Gasteiger partial charge in [-0.15, -0.1) is 5.10 Å². The summed E-state index contributed by atoms with van der Waals surface area (Å²) in [6.07, 6.45) is 0. The number of hydrogen-bond donors (Lipinski definition) is 0. The third-order valence-electron chi connectivity index (χ3n) is 3.03. The normalized spacial score (nSPS) is 13.8. The molecular formula is C13H11N3O3. The lowest BCUT2D eigenvalue weighted by Gasteiger charge is -2.12. The molecule has 19 heavy (non-hydrogen) atoms. The van der Waals surface area contributed by atoms with Crippen molar-refractivity contribution in [2.75, 3.05) is 0 Å². The fourth-order valence-corrected chi connectivity index (χ4v) is 2.12. The van der Waals surface area contributed by atoms with Crippen LogP contribution >= 0.6 is 0 Å². The molecular weight excluding hydrogens is 246 g/mol. The van der Waals surface area contributed by atoms with Gasteiger partial charge in [0.1, 0.15) is 0 Å². The predicted octanol–water partition coefficient (Wildman–Crippen LogP) is 1.70. The van der Waals surface area contributed by atoms with Crippen LogP contribution in [0.2, 0.25) is 0 Å². The molecule has 0 saturated carbocycles. The van der Waals surface area contributed by atoms with Crippen LogP contribution in [0.15, 0.2) is 24.3 Å². The van der Waals surface area contributed by atoms with Gasteiger partial charge in [-0.2, -0.15) is 0 Å². The van der Waals surface area contributed by atoms with Gasteiger partial charge in [0, 0.05) is 0 Å². The van der Waals surface area contributed by atoms with E-state index >= 15 is 0 Å². The van der Waals surface area contributed by atoms with Gasteiger partial charge in [0.2, 0.25) is 5.69 Å². The highest BCUT2D eigenvalue weighted by molar-refractivity contribution is 6.12. The average molecular weight is 257 g/mol. The first kappa shape index (κ1) is 11.6. The van der Waals surface area contributed by atoms with Gasteiger partial charge in [-0.05, 0) is 17.5 Å². The highest BCUT2D eigenvalue weighted by atomic mass is 16.6. The van der Waals surface area contributed by atoms with Crippen molar-refractivity contribution < 1.29 is 14.3 Å². The molecule has 0 radical (unpaired) electrons. The van der Waals surface area contributed by atoms with E-state index in [1.807, 2.05) is 38.1 Å². The van der Waals surface area contributed by atoms with Crippen LogP contribution in [0.3, 0.4) is 0 Å². The highest BCUT2D eigenvalue weighted by Gasteiger charge is 2.37. The molecule has 0 fully saturated rings. The smallest absolute Gasteiger partial charge is 0.369 e. The van der Waals surface area contributed by atoms with Crippen molar-refractivity contribution >= 4 is 11.9 Å². The summed E-state index contributed by atoms with van der Waals surface area (Å²) in [4.78, 5) is 23.0. The molecule has 6 nitrogen and oxygen atoms in total. The monoisotopic (exact) mass is 257 g/mol. The highest BCUT2D eigenvalue weighted by Crippen LogP contribution is 2.26. The van der Waals surface area contributed by atoms with Crippen LogP contribution in [0.1, 0.15) is 46.3 Å². The number of benzene rings is 1. The predicted molar refractivity (Wildman–Crippen MR) is 65.2 cm³/mol. The Morgan fingerprint density at radius 2 is 1.89 bits per heavy atom. The van der Waals surface area contributed by atoms with Crippen LogP contribution in [-0.4, -0.2) is 26.9 Å². The van der Waals surface area contributed by atoms with Gasteiger partial charge < -0.3 is 4.74 Å². The van der Waals surface area contributed by atoms with E-state index in [4.69, 9.17) is 0 Å². The number of para-hydroxylation sites is 1. The summed E-state index contributed by atoms with van der Waals surface area (Å²) in [5, 5.41) is 7.62. The number of carbonyl (C=O) groups excluding carboxylic acids is 2. The molecule has 0 spiro atoms. The first-order chi connectivity index (χ1) is 9.09. The Bertz CT molecular complexity index is 688. The standard InChI is InChI=1S/C13H11N3O3/c1-7(2)8-5-3-4-6-9(8)16-11-10(14-15-16)12(17)19-13(11)18/h3-7H,1-2H3. The Labute approximate surface area is 109 Å². The van der Waals surface area contributed by atoms with Crippen LogP contribution in [0.4, 0.5) is 0 Å². The number of cyclic esters (lactones) is 2. The number of fused-ring (bicyclic) bond motifs is 1. The second-order valence-electron chi connectivity index (χ2n) is 4.59. The second kappa shape index (κ2) is 4.01. The number of rotatable bonds is 2. The summed E-state index contributed by atoms with van der Waals surface area (Å²) in [6, 6.07) is 7.55. The molecule has 0 saturated heterocycles. The maximum atomic E-state index is 11.7. The van der Waals surface area contributed by atoms with Crippen LogP contribution in [0.5, 0.6) is 0 Å². The molecule has 0 aliphatic carbocycles. The van der Waals surface area contributed by atoms with Crippen molar-refractivity contribution in [3.63, 3.8) is 0 Å². The average Bonchev–Trinajstić information content (AvgIpc) is 2.93. The molecule has 1 aliphatic heterocycles. The molecule has 1 aliphatic rings. The van der Waals surface area contributed by atoms with Crippen LogP contribution in [0.25, 0.3) is 5.69 Å². The SMILES string of the molecule is CC(C)c1ccccc1-n1nnc2c1C(=O)OC2=O. The molecule has 0 unspecified atom stereocenters. The van der Waals surface area contributed by atoms with E-state index in [-0.39, 0.29) is 17.3 Å². The maximum absolute atomic E-state index is 11.7. The minimum absolute atomic E-state index is 0.0245. The van der Waals surface area contributed by atoms with Crippen molar-refractivity contribution in [1.82, 2.24) is 15.0 Å². The molecule has 2 aromatic rings. The van der Waals surface area contributed by atoms with Gasteiger partial charge in [-0.1, -0.05) is 37.3 Å². The Balaban J connectivity index is 2.23. The summed E-state index contributed by atoms with van der Waals surface area (Å²) in [7, 11) is 0.